The summed E-state index contributed by atoms with van der Waals surface area (Å²) in [6.07, 6.45) is 6.33. The quantitative estimate of drug-likeness (QED) is 0.350. The van der Waals surface area contributed by atoms with Crippen LogP contribution in [0.4, 0.5) is 0 Å². The Balaban J connectivity index is 1.65. The number of aliphatic carboxylic acids is 1. The molecule has 0 atom stereocenters. The Bertz CT molecular complexity index is 1430. The molecule has 1 aliphatic rings. The van der Waals surface area contributed by atoms with Crippen molar-refractivity contribution in [2.45, 2.75) is 37.6 Å². The predicted molar refractivity (Wildman–Crippen MR) is 135 cm³/mol. The second-order valence-corrected chi connectivity index (χ2v) is 9.55. The van der Waals surface area contributed by atoms with Crippen LogP contribution >= 0.6 is 23.2 Å². The van der Waals surface area contributed by atoms with Crippen LogP contribution in [0.15, 0.2) is 60.9 Å². The molecular formula is C26H22Cl2N4O3. The second kappa shape index (κ2) is 9.32. The normalized spacial score (nSPS) is 15.1. The molecule has 5 rings (SSSR count). The number of aromatic nitrogens is 3. The lowest BCUT2D eigenvalue weighted by Gasteiger charge is -2.33. The number of hydrogen-bond acceptors (Lipinski definition) is 4. The van der Waals surface area contributed by atoms with Gasteiger partial charge in [0.25, 0.3) is 5.91 Å². The zero-order valence-electron chi connectivity index (χ0n) is 18.7. The minimum absolute atomic E-state index is 0.206. The van der Waals surface area contributed by atoms with Crippen LogP contribution in [0, 0.1) is 0 Å². The number of hydrogen-bond donors (Lipinski definition) is 2. The van der Waals surface area contributed by atoms with Crippen molar-refractivity contribution in [1.29, 1.82) is 0 Å². The standard InChI is InChI=1S/C26H22Cl2N4O3/c27-17-10-8-16(9-11-17)22-19(18-6-2-3-7-21(18)28)14-29-23-20(15-30-32(22)23)24(33)31-26(25(34)35)12-4-1-5-13-26/h2-3,6-11,14-15H,1,4-5,12-13H2,(H,31,33)(H,34,35). The molecule has 2 heterocycles. The summed E-state index contributed by atoms with van der Waals surface area (Å²) in [5, 5.41) is 18.3. The third-order valence-electron chi connectivity index (χ3n) is 6.52. The van der Waals surface area contributed by atoms with Crippen molar-refractivity contribution in [3.05, 3.63) is 76.5 Å². The second-order valence-electron chi connectivity index (χ2n) is 8.70. The van der Waals surface area contributed by atoms with E-state index in [-0.39, 0.29) is 5.56 Å². The van der Waals surface area contributed by atoms with E-state index in [0.29, 0.717) is 34.2 Å². The molecule has 0 radical (unpaired) electrons. The number of rotatable bonds is 5. The van der Waals surface area contributed by atoms with Crippen LogP contribution in [0.2, 0.25) is 10.0 Å². The first-order valence-corrected chi connectivity index (χ1v) is 12.1. The van der Waals surface area contributed by atoms with Crippen molar-refractivity contribution >= 4 is 40.7 Å². The molecule has 0 bridgehead atoms. The van der Waals surface area contributed by atoms with E-state index in [2.05, 4.69) is 15.4 Å². The number of carboxylic acids is 1. The molecule has 178 valence electrons. The molecule has 1 aliphatic carbocycles. The van der Waals surface area contributed by atoms with Gasteiger partial charge in [-0.25, -0.2) is 14.3 Å². The Morgan fingerprint density at radius 1 is 0.943 bits per heavy atom. The van der Waals surface area contributed by atoms with E-state index >= 15 is 0 Å². The molecule has 1 amide bonds. The van der Waals surface area contributed by atoms with Crippen LogP contribution in [0.3, 0.4) is 0 Å². The van der Waals surface area contributed by atoms with Gasteiger partial charge in [-0.3, -0.25) is 4.79 Å². The molecule has 1 saturated carbocycles. The zero-order valence-corrected chi connectivity index (χ0v) is 20.2. The molecule has 1 fully saturated rings. The van der Waals surface area contributed by atoms with E-state index in [1.807, 2.05) is 30.3 Å². The van der Waals surface area contributed by atoms with E-state index in [1.165, 1.54) is 6.20 Å². The Hall–Kier alpha value is -3.42. The Kier molecular flexibility index (Phi) is 6.21. The van der Waals surface area contributed by atoms with Gasteiger partial charge in [0.1, 0.15) is 11.1 Å². The summed E-state index contributed by atoms with van der Waals surface area (Å²) in [7, 11) is 0. The SMILES string of the molecule is O=C(NC1(C(=O)O)CCCCC1)c1cnn2c(-c3ccc(Cl)cc3)c(-c3ccccc3Cl)cnc12. The lowest BCUT2D eigenvalue weighted by atomic mass is 9.81. The van der Waals surface area contributed by atoms with Crippen molar-refractivity contribution in [2.75, 3.05) is 0 Å². The van der Waals surface area contributed by atoms with Crippen molar-refractivity contribution in [3.63, 3.8) is 0 Å². The topological polar surface area (TPSA) is 96.6 Å². The number of carbonyl (C=O) groups is 2. The van der Waals surface area contributed by atoms with E-state index in [4.69, 9.17) is 23.2 Å². The number of nitrogens with one attached hydrogen (secondary N) is 1. The Labute approximate surface area is 211 Å². The molecule has 0 unspecified atom stereocenters. The van der Waals surface area contributed by atoms with Crippen LogP contribution in [-0.2, 0) is 4.79 Å². The number of amides is 1. The minimum atomic E-state index is -1.28. The van der Waals surface area contributed by atoms with Crippen LogP contribution in [0.25, 0.3) is 28.0 Å². The maximum atomic E-state index is 13.3. The van der Waals surface area contributed by atoms with Gasteiger partial charge in [0, 0.05) is 32.9 Å². The van der Waals surface area contributed by atoms with Gasteiger partial charge in [-0.15, -0.1) is 0 Å². The zero-order chi connectivity index (χ0) is 24.6. The number of fused-ring (bicyclic) bond motifs is 1. The molecule has 0 saturated heterocycles. The van der Waals surface area contributed by atoms with Crippen molar-refractivity contribution in [1.82, 2.24) is 19.9 Å². The summed E-state index contributed by atoms with van der Waals surface area (Å²) in [5.41, 5.74) is 2.24. The van der Waals surface area contributed by atoms with E-state index in [1.54, 1.807) is 28.9 Å². The molecule has 2 aromatic carbocycles. The third kappa shape index (κ3) is 4.26. The third-order valence-corrected chi connectivity index (χ3v) is 7.10. The molecule has 2 N–H and O–H groups in total. The van der Waals surface area contributed by atoms with Crippen LogP contribution in [0.5, 0.6) is 0 Å². The molecular weight excluding hydrogens is 487 g/mol. The maximum absolute atomic E-state index is 13.3. The van der Waals surface area contributed by atoms with E-state index in [9.17, 15) is 14.7 Å². The summed E-state index contributed by atoms with van der Waals surface area (Å²) < 4.78 is 1.59. The monoisotopic (exact) mass is 508 g/mol. The van der Waals surface area contributed by atoms with Gasteiger partial charge in [-0.05, 0) is 31.0 Å². The number of carboxylic acid groups (broad SMARTS) is 1. The van der Waals surface area contributed by atoms with Gasteiger partial charge >= 0.3 is 5.97 Å². The molecule has 9 heteroatoms. The summed E-state index contributed by atoms with van der Waals surface area (Å²) in [6, 6.07) is 14.7. The molecule has 4 aromatic rings. The average molecular weight is 509 g/mol. The number of nitrogens with zero attached hydrogens (tertiary/aromatic N) is 3. The molecule has 0 spiro atoms. The maximum Gasteiger partial charge on any atom is 0.329 e. The lowest BCUT2D eigenvalue weighted by Crippen LogP contribution is -2.55. The first kappa shape index (κ1) is 23.3. The highest BCUT2D eigenvalue weighted by molar-refractivity contribution is 6.33. The minimum Gasteiger partial charge on any atom is -0.480 e. The summed E-state index contributed by atoms with van der Waals surface area (Å²) in [6.45, 7) is 0. The van der Waals surface area contributed by atoms with E-state index in [0.717, 1.165) is 36.0 Å². The van der Waals surface area contributed by atoms with E-state index < -0.39 is 17.4 Å². The molecule has 7 nitrogen and oxygen atoms in total. The number of benzene rings is 2. The van der Waals surface area contributed by atoms with Crippen molar-refractivity contribution < 1.29 is 14.7 Å². The molecule has 2 aromatic heterocycles. The largest absolute Gasteiger partial charge is 0.480 e. The Morgan fingerprint density at radius 2 is 1.66 bits per heavy atom. The van der Waals surface area contributed by atoms with Crippen LogP contribution in [0.1, 0.15) is 42.5 Å². The lowest BCUT2D eigenvalue weighted by molar-refractivity contribution is -0.145. The number of carbonyl (C=O) groups excluding carboxylic acids is 1. The first-order valence-electron chi connectivity index (χ1n) is 11.3. The summed E-state index contributed by atoms with van der Waals surface area (Å²) >= 11 is 12.6. The fourth-order valence-electron chi connectivity index (χ4n) is 4.69. The highest BCUT2D eigenvalue weighted by atomic mass is 35.5. The average Bonchev–Trinajstić information content (AvgIpc) is 3.29. The van der Waals surface area contributed by atoms with Crippen molar-refractivity contribution in [2.24, 2.45) is 0 Å². The number of halogens is 2. The van der Waals surface area contributed by atoms with Crippen LogP contribution < -0.4 is 5.32 Å². The van der Waals surface area contributed by atoms with Gasteiger partial charge in [0.05, 0.1) is 11.9 Å². The fraction of sp³-hybridized carbons (Fsp3) is 0.231. The molecule has 0 aliphatic heterocycles. The first-order chi connectivity index (χ1) is 16.9. The van der Waals surface area contributed by atoms with Gasteiger partial charge in [0.15, 0.2) is 5.65 Å². The molecule has 35 heavy (non-hydrogen) atoms. The van der Waals surface area contributed by atoms with Crippen LogP contribution in [-0.4, -0.2) is 37.1 Å². The van der Waals surface area contributed by atoms with Gasteiger partial charge in [-0.2, -0.15) is 5.10 Å². The summed E-state index contributed by atoms with van der Waals surface area (Å²) in [4.78, 5) is 29.9. The van der Waals surface area contributed by atoms with Gasteiger partial charge in [0.2, 0.25) is 0 Å². The van der Waals surface area contributed by atoms with Gasteiger partial charge in [-0.1, -0.05) is 72.8 Å². The highest BCUT2D eigenvalue weighted by Gasteiger charge is 2.41. The van der Waals surface area contributed by atoms with Crippen molar-refractivity contribution in [3.8, 4) is 22.4 Å². The predicted octanol–water partition coefficient (Wildman–Crippen LogP) is 5.89. The smallest absolute Gasteiger partial charge is 0.329 e. The highest BCUT2D eigenvalue weighted by Crippen LogP contribution is 2.36. The fourth-order valence-corrected chi connectivity index (χ4v) is 5.05. The Morgan fingerprint density at radius 3 is 2.34 bits per heavy atom. The van der Waals surface area contributed by atoms with Gasteiger partial charge < -0.3 is 10.4 Å². The summed E-state index contributed by atoms with van der Waals surface area (Å²) in [5.74, 6) is -1.53.